The van der Waals surface area contributed by atoms with E-state index in [1.165, 1.54) is 11.1 Å². The standard InChI is InChI=1S/C24H23N3O/c1-17(2)20-8-6-18(7-9-20)4-5-19-14-23-24(25-15-19)27(16-26-23)21-10-12-22(28-3)13-11-21/h4-17H,1-3H3/b5-4-. The fourth-order valence-electron chi connectivity index (χ4n) is 3.12. The van der Waals surface area contributed by atoms with Crippen molar-refractivity contribution in [3.05, 3.63) is 83.8 Å². The molecule has 4 aromatic rings. The van der Waals surface area contributed by atoms with Crippen LogP contribution < -0.4 is 4.74 Å². The van der Waals surface area contributed by atoms with Gasteiger partial charge in [0.15, 0.2) is 5.65 Å². The first kappa shape index (κ1) is 18.0. The van der Waals surface area contributed by atoms with Crippen LogP contribution in [0.2, 0.25) is 0 Å². The molecule has 0 atom stereocenters. The summed E-state index contributed by atoms with van der Waals surface area (Å²) in [5.74, 6) is 1.38. The number of hydrogen-bond donors (Lipinski definition) is 0. The van der Waals surface area contributed by atoms with Crippen molar-refractivity contribution in [2.24, 2.45) is 0 Å². The summed E-state index contributed by atoms with van der Waals surface area (Å²) in [4.78, 5) is 9.15. The summed E-state index contributed by atoms with van der Waals surface area (Å²) in [6.45, 7) is 4.41. The van der Waals surface area contributed by atoms with Crippen molar-refractivity contribution >= 4 is 23.3 Å². The Labute approximate surface area is 165 Å². The van der Waals surface area contributed by atoms with Gasteiger partial charge in [-0.1, -0.05) is 50.3 Å². The van der Waals surface area contributed by atoms with Crippen molar-refractivity contribution in [2.45, 2.75) is 19.8 Å². The van der Waals surface area contributed by atoms with Gasteiger partial charge in [0.25, 0.3) is 0 Å². The lowest BCUT2D eigenvalue weighted by Gasteiger charge is -2.05. The monoisotopic (exact) mass is 369 g/mol. The minimum atomic E-state index is 0.547. The van der Waals surface area contributed by atoms with Gasteiger partial charge >= 0.3 is 0 Å². The van der Waals surface area contributed by atoms with Gasteiger partial charge in [-0.15, -0.1) is 0 Å². The van der Waals surface area contributed by atoms with Gasteiger partial charge in [-0.3, -0.25) is 4.57 Å². The summed E-state index contributed by atoms with van der Waals surface area (Å²) in [6.07, 6.45) is 7.86. The molecule has 0 bridgehead atoms. The van der Waals surface area contributed by atoms with Crippen LogP contribution in [0.4, 0.5) is 0 Å². The average Bonchev–Trinajstić information content (AvgIpc) is 3.16. The third-order valence-corrected chi connectivity index (χ3v) is 4.83. The van der Waals surface area contributed by atoms with Gasteiger partial charge in [-0.05, 0) is 52.9 Å². The number of rotatable bonds is 5. The van der Waals surface area contributed by atoms with E-state index in [9.17, 15) is 0 Å². The second-order valence-corrected chi connectivity index (χ2v) is 7.08. The van der Waals surface area contributed by atoms with Crippen molar-refractivity contribution in [1.82, 2.24) is 14.5 Å². The summed E-state index contributed by atoms with van der Waals surface area (Å²) in [7, 11) is 1.66. The first-order valence-electron chi connectivity index (χ1n) is 9.39. The van der Waals surface area contributed by atoms with Crippen LogP contribution >= 0.6 is 0 Å². The van der Waals surface area contributed by atoms with Gasteiger partial charge in [0, 0.05) is 11.9 Å². The molecule has 0 radical (unpaired) electrons. The molecule has 2 aromatic heterocycles. The Morgan fingerprint density at radius 3 is 2.29 bits per heavy atom. The van der Waals surface area contributed by atoms with Crippen LogP contribution in [0, 0.1) is 0 Å². The molecular weight excluding hydrogens is 346 g/mol. The zero-order chi connectivity index (χ0) is 19.5. The normalized spacial score (nSPS) is 11.6. The summed E-state index contributed by atoms with van der Waals surface area (Å²) in [6, 6.07) is 18.6. The number of fused-ring (bicyclic) bond motifs is 1. The Morgan fingerprint density at radius 1 is 0.893 bits per heavy atom. The van der Waals surface area contributed by atoms with Crippen LogP contribution in [-0.4, -0.2) is 21.6 Å². The van der Waals surface area contributed by atoms with E-state index >= 15 is 0 Å². The molecule has 0 aliphatic heterocycles. The first-order valence-corrected chi connectivity index (χ1v) is 9.39. The van der Waals surface area contributed by atoms with Crippen molar-refractivity contribution in [3.63, 3.8) is 0 Å². The van der Waals surface area contributed by atoms with Crippen molar-refractivity contribution in [1.29, 1.82) is 0 Å². The van der Waals surface area contributed by atoms with Gasteiger partial charge in [0.2, 0.25) is 0 Å². The van der Waals surface area contributed by atoms with Crippen LogP contribution in [0.1, 0.15) is 36.5 Å². The minimum Gasteiger partial charge on any atom is -0.497 e. The number of benzene rings is 2. The van der Waals surface area contributed by atoms with E-state index in [4.69, 9.17) is 4.74 Å². The lowest BCUT2D eigenvalue weighted by atomic mass is 10.0. The van der Waals surface area contributed by atoms with Crippen LogP contribution in [0.15, 0.2) is 67.1 Å². The number of imidazole rings is 1. The quantitative estimate of drug-likeness (QED) is 0.451. The fraction of sp³-hybridized carbons (Fsp3) is 0.167. The second kappa shape index (κ2) is 7.69. The largest absolute Gasteiger partial charge is 0.497 e. The molecule has 0 aliphatic carbocycles. The number of hydrogen-bond acceptors (Lipinski definition) is 3. The third kappa shape index (κ3) is 3.67. The molecule has 0 amide bonds. The van der Waals surface area contributed by atoms with E-state index in [2.05, 4.69) is 66.3 Å². The number of pyridine rings is 1. The van der Waals surface area contributed by atoms with Gasteiger partial charge in [0.1, 0.15) is 17.6 Å². The van der Waals surface area contributed by atoms with Crippen molar-refractivity contribution in [2.75, 3.05) is 7.11 Å². The molecule has 28 heavy (non-hydrogen) atoms. The molecule has 2 aromatic carbocycles. The second-order valence-electron chi connectivity index (χ2n) is 7.08. The highest BCUT2D eigenvalue weighted by molar-refractivity contribution is 5.78. The fourth-order valence-corrected chi connectivity index (χ4v) is 3.12. The topological polar surface area (TPSA) is 39.9 Å². The third-order valence-electron chi connectivity index (χ3n) is 4.83. The lowest BCUT2D eigenvalue weighted by molar-refractivity contribution is 0.415. The lowest BCUT2D eigenvalue weighted by Crippen LogP contribution is -1.94. The molecule has 4 heteroatoms. The molecule has 4 nitrogen and oxygen atoms in total. The van der Waals surface area contributed by atoms with Crippen LogP contribution in [0.5, 0.6) is 5.75 Å². The number of nitrogens with zero attached hydrogens (tertiary/aromatic N) is 3. The summed E-state index contributed by atoms with van der Waals surface area (Å²) < 4.78 is 7.20. The zero-order valence-electron chi connectivity index (χ0n) is 16.3. The molecule has 140 valence electrons. The van der Waals surface area contributed by atoms with E-state index < -0.39 is 0 Å². The molecule has 0 saturated heterocycles. The van der Waals surface area contributed by atoms with Crippen LogP contribution in [-0.2, 0) is 0 Å². The van der Waals surface area contributed by atoms with E-state index in [1.54, 1.807) is 13.4 Å². The molecule has 4 rings (SSSR count). The maximum atomic E-state index is 5.22. The maximum Gasteiger partial charge on any atom is 0.164 e. The molecule has 0 unspecified atom stereocenters. The molecule has 0 fully saturated rings. The highest BCUT2D eigenvalue weighted by atomic mass is 16.5. The predicted octanol–water partition coefficient (Wildman–Crippen LogP) is 5.72. The van der Waals surface area contributed by atoms with E-state index in [1.807, 2.05) is 35.0 Å². The van der Waals surface area contributed by atoms with Gasteiger partial charge in [-0.2, -0.15) is 0 Å². The van der Waals surface area contributed by atoms with Crippen LogP contribution in [0.25, 0.3) is 29.0 Å². The van der Waals surface area contributed by atoms with Crippen LogP contribution in [0.3, 0.4) is 0 Å². The minimum absolute atomic E-state index is 0.547. The molecule has 0 N–H and O–H groups in total. The highest BCUT2D eigenvalue weighted by Gasteiger charge is 2.07. The Morgan fingerprint density at radius 2 is 1.61 bits per heavy atom. The average molecular weight is 369 g/mol. The highest BCUT2D eigenvalue weighted by Crippen LogP contribution is 2.21. The van der Waals surface area contributed by atoms with E-state index in [0.717, 1.165) is 28.2 Å². The predicted molar refractivity (Wildman–Crippen MR) is 115 cm³/mol. The molecule has 0 aliphatic rings. The van der Waals surface area contributed by atoms with Crippen molar-refractivity contribution < 1.29 is 4.74 Å². The number of methoxy groups -OCH3 is 1. The van der Waals surface area contributed by atoms with E-state index in [0.29, 0.717) is 5.92 Å². The Balaban J connectivity index is 1.58. The smallest absolute Gasteiger partial charge is 0.164 e. The van der Waals surface area contributed by atoms with Crippen molar-refractivity contribution in [3.8, 4) is 11.4 Å². The number of aromatic nitrogens is 3. The maximum absolute atomic E-state index is 5.22. The summed E-state index contributed by atoms with van der Waals surface area (Å²) in [5, 5.41) is 0. The molecule has 0 saturated carbocycles. The SMILES string of the molecule is COc1ccc(-n2cnc3cc(/C=C\c4ccc(C(C)C)cc4)cnc32)cc1. The first-order chi connectivity index (χ1) is 13.6. The Kier molecular flexibility index (Phi) is 4.94. The molecular formula is C24H23N3O. The van der Waals surface area contributed by atoms with E-state index in [-0.39, 0.29) is 0 Å². The Hall–Kier alpha value is -3.40. The number of ether oxygens (including phenoxy) is 1. The summed E-state index contributed by atoms with van der Waals surface area (Å²) in [5.41, 5.74) is 6.26. The Bertz CT molecular complexity index is 1110. The summed E-state index contributed by atoms with van der Waals surface area (Å²) >= 11 is 0. The molecule has 2 heterocycles. The van der Waals surface area contributed by atoms with Gasteiger partial charge in [0.05, 0.1) is 7.11 Å². The van der Waals surface area contributed by atoms with Gasteiger partial charge in [-0.25, -0.2) is 9.97 Å². The zero-order valence-corrected chi connectivity index (χ0v) is 16.3. The van der Waals surface area contributed by atoms with Gasteiger partial charge < -0.3 is 4.74 Å². The molecule has 0 spiro atoms.